The summed E-state index contributed by atoms with van der Waals surface area (Å²) in [5, 5.41) is 0. The SMILES string of the molecule is C=C1c2cccc(OCc3ccccc3)c2C(=O)N1C. The fourth-order valence-corrected chi connectivity index (χ4v) is 2.32. The lowest BCUT2D eigenvalue weighted by Crippen LogP contribution is -2.17. The molecule has 0 atom stereocenters. The number of amides is 1. The van der Waals surface area contributed by atoms with Gasteiger partial charge in [0.15, 0.2) is 0 Å². The van der Waals surface area contributed by atoms with E-state index in [1.807, 2.05) is 48.5 Å². The van der Waals surface area contributed by atoms with Crippen LogP contribution < -0.4 is 4.74 Å². The topological polar surface area (TPSA) is 29.5 Å². The Hall–Kier alpha value is -2.55. The van der Waals surface area contributed by atoms with Crippen LogP contribution in [-0.4, -0.2) is 17.9 Å². The zero-order valence-corrected chi connectivity index (χ0v) is 11.3. The Labute approximate surface area is 118 Å². The van der Waals surface area contributed by atoms with Crippen LogP contribution in [0.25, 0.3) is 5.70 Å². The minimum Gasteiger partial charge on any atom is -0.488 e. The average Bonchev–Trinajstić information content (AvgIpc) is 2.72. The number of nitrogens with zero attached hydrogens (tertiary/aromatic N) is 1. The van der Waals surface area contributed by atoms with Gasteiger partial charge in [0.2, 0.25) is 0 Å². The quantitative estimate of drug-likeness (QED) is 0.852. The van der Waals surface area contributed by atoms with Crippen LogP contribution in [0.5, 0.6) is 5.75 Å². The minimum atomic E-state index is -0.0614. The lowest BCUT2D eigenvalue weighted by Gasteiger charge is -2.10. The van der Waals surface area contributed by atoms with Gasteiger partial charge in [-0.25, -0.2) is 0 Å². The van der Waals surface area contributed by atoms with Crippen molar-refractivity contribution in [1.82, 2.24) is 4.90 Å². The predicted octanol–water partition coefficient (Wildman–Crippen LogP) is 3.32. The number of hydrogen-bond donors (Lipinski definition) is 0. The fraction of sp³-hybridized carbons (Fsp3) is 0.118. The van der Waals surface area contributed by atoms with Crippen molar-refractivity contribution in [3.05, 3.63) is 71.8 Å². The maximum Gasteiger partial charge on any atom is 0.262 e. The van der Waals surface area contributed by atoms with Crippen molar-refractivity contribution in [3.63, 3.8) is 0 Å². The van der Waals surface area contributed by atoms with Crippen LogP contribution in [0.1, 0.15) is 21.5 Å². The second kappa shape index (κ2) is 4.85. The molecule has 0 aliphatic carbocycles. The monoisotopic (exact) mass is 265 g/mol. The minimum absolute atomic E-state index is 0.0614. The summed E-state index contributed by atoms with van der Waals surface area (Å²) < 4.78 is 5.81. The average molecular weight is 265 g/mol. The molecule has 1 aliphatic rings. The first kappa shape index (κ1) is 12.5. The predicted molar refractivity (Wildman–Crippen MR) is 78.3 cm³/mol. The molecule has 0 fully saturated rings. The molecule has 20 heavy (non-hydrogen) atoms. The maximum atomic E-state index is 12.2. The van der Waals surface area contributed by atoms with Gasteiger partial charge in [-0.3, -0.25) is 4.79 Å². The first-order valence-electron chi connectivity index (χ1n) is 6.45. The molecule has 3 rings (SSSR count). The van der Waals surface area contributed by atoms with E-state index in [1.165, 1.54) is 0 Å². The highest BCUT2D eigenvalue weighted by Gasteiger charge is 2.31. The van der Waals surface area contributed by atoms with Gasteiger partial charge in [0.05, 0.1) is 5.56 Å². The van der Waals surface area contributed by atoms with E-state index in [-0.39, 0.29) is 5.91 Å². The van der Waals surface area contributed by atoms with E-state index in [9.17, 15) is 4.79 Å². The first-order valence-corrected chi connectivity index (χ1v) is 6.45. The number of rotatable bonds is 3. The van der Waals surface area contributed by atoms with Crippen LogP contribution in [0.3, 0.4) is 0 Å². The summed E-state index contributed by atoms with van der Waals surface area (Å²) in [5.41, 5.74) is 3.25. The molecule has 2 aromatic carbocycles. The second-order valence-corrected chi connectivity index (χ2v) is 4.76. The van der Waals surface area contributed by atoms with Crippen molar-refractivity contribution in [2.24, 2.45) is 0 Å². The lowest BCUT2D eigenvalue weighted by molar-refractivity contribution is 0.0870. The molecule has 0 bridgehead atoms. The molecule has 3 nitrogen and oxygen atoms in total. The van der Waals surface area contributed by atoms with E-state index in [0.29, 0.717) is 17.9 Å². The summed E-state index contributed by atoms with van der Waals surface area (Å²) in [6.45, 7) is 4.38. The van der Waals surface area contributed by atoms with Gasteiger partial charge in [0.1, 0.15) is 12.4 Å². The fourth-order valence-electron chi connectivity index (χ4n) is 2.32. The van der Waals surface area contributed by atoms with Gasteiger partial charge < -0.3 is 9.64 Å². The van der Waals surface area contributed by atoms with Crippen LogP contribution in [-0.2, 0) is 6.61 Å². The molecule has 0 radical (unpaired) electrons. The molecule has 0 spiro atoms. The van der Waals surface area contributed by atoms with Crippen molar-refractivity contribution in [1.29, 1.82) is 0 Å². The Balaban J connectivity index is 1.90. The highest BCUT2D eigenvalue weighted by atomic mass is 16.5. The van der Waals surface area contributed by atoms with Gasteiger partial charge in [-0.05, 0) is 11.6 Å². The summed E-state index contributed by atoms with van der Waals surface area (Å²) in [5.74, 6) is 0.551. The van der Waals surface area contributed by atoms with Crippen molar-refractivity contribution in [3.8, 4) is 5.75 Å². The van der Waals surface area contributed by atoms with Crippen molar-refractivity contribution in [2.75, 3.05) is 7.05 Å². The zero-order chi connectivity index (χ0) is 14.1. The molecule has 1 aliphatic heterocycles. The van der Waals surface area contributed by atoms with E-state index >= 15 is 0 Å². The molecule has 1 amide bonds. The molecular weight excluding hydrogens is 250 g/mol. The van der Waals surface area contributed by atoms with Gasteiger partial charge in [0, 0.05) is 18.3 Å². The van der Waals surface area contributed by atoms with E-state index in [4.69, 9.17) is 4.74 Å². The zero-order valence-electron chi connectivity index (χ0n) is 11.3. The van der Waals surface area contributed by atoms with Crippen LogP contribution >= 0.6 is 0 Å². The molecule has 3 heteroatoms. The summed E-state index contributed by atoms with van der Waals surface area (Å²) in [4.78, 5) is 13.8. The number of ether oxygens (including phenoxy) is 1. The molecule has 1 heterocycles. The Morgan fingerprint density at radius 1 is 1.10 bits per heavy atom. The molecule has 0 unspecified atom stereocenters. The van der Waals surface area contributed by atoms with Gasteiger partial charge in [0.25, 0.3) is 5.91 Å². The smallest absolute Gasteiger partial charge is 0.262 e. The van der Waals surface area contributed by atoms with Crippen molar-refractivity contribution in [2.45, 2.75) is 6.61 Å². The summed E-state index contributed by atoms with van der Waals surface area (Å²) in [6, 6.07) is 15.5. The summed E-state index contributed by atoms with van der Waals surface area (Å²) in [7, 11) is 1.73. The highest BCUT2D eigenvalue weighted by Crippen LogP contribution is 2.36. The van der Waals surface area contributed by atoms with E-state index in [0.717, 1.165) is 16.8 Å². The van der Waals surface area contributed by atoms with Crippen LogP contribution in [0, 0.1) is 0 Å². The van der Waals surface area contributed by atoms with Crippen molar-refractivity contribution >= 4 is 11.6 Å². The number of hydrogen-bond acceptors (Lipinski definition) is 2. The van der Waals surface area contributed by atoms with Gasteiger partial charge in [-0.15, -0.1) is 0 Å². The largest absolute Gasteiger partial charge is 0.488 e. The Kier molecular flexibility index (Phi) is 3.03. The Morgan fingerprint density at radius 3 is 2.60 bits per heavy atom. The third kappa shape index (κ3) is 1.97. The molecule has 0 saturated heterocycles. The van der Waals surface area contributed by atoms with E-state index in [2.05, 4.69) is 6.58 Å². The first-order chi connectivity index (χ1) is 9.68. The normalized spacial score (nSPS) is 13.6. The summed E-state index contributed by atoms with van der Waals surface area (Å²) in [6.07, 6.45) is 0. The van der Waals surface area contributed by atoms with E-state index in [1.54, 1.807) is 11.9 Å². The lowest BCUT2D eigenvalue weighted by atomic mass is 10.1. The Morgan fingerprint density at radius 2 is 1.85 bits per heavy atom. The van der Waals surface area contributed by atoms with Gasteiger partial charge in [-0.1, -0.05) is 49.0 Å². The molecule has 100 valence electrons. The van der Waals surface area contributed by atoms with Crippen LogP contribution in [0.2, 0.25) is 0 Å². The number of fused-ring (bicyclic) bond motifs is 1. The molecule has 0 aromatic heterocycles. The number of carbonyl (C=O) groups is 1. The molecule has 0 saturated carbocycles. The molecular formula is C17H15NO2. The maximum absolute atomic E-state index is 12.2. The van der Waals surface area contributed by atoms with E-state index < -0.39 is 0 Å². The molecule has 2 aromatic rings. The van der Waals surface area contributed by atoms with Gasteiger partial charge >= 0.3 is 0 Å². The van der Waals surface area contributed by atoms with Crippen LogP contribution in [0.4, 0.5) is 0 Å². The number of benzene rings is 2. The Bertz CT molecular complexity index is 677. The highest BCUT2D eigenvalue weighted by molar-refractivity contribution is 6.10. The number of carbonyl (C=O) groups excluding carboxylic acids is 1. The molecule has 0 N–H and O–H groups in total. The third-order valence-electron chi connectivity index (χ3n) is 3.50. The second-order valence-electron chi connectivity index (χ2n) is 4.76. The summed E-state index contributed by atoms with van der Waals surface area (Å²) >= 11 is 0. The van der Waals surface area contributed by atoms with Crippen molar-refractivity contribution < 1.29 is 9.53 Å². The van der Waals surface area contributed by atoms with Gasteiger partial charge in [-0.2, -0.15) is 0 Å². The third-order valence-corrected chi connectivity index (χ3v) is 3.50. The standard InChI is InChI=1S/C17H15NO2/c1-12-14-9-6-10-15(16(14)17(19)18(12)2)20-11-13-7-4-3-5-8-13/h3-10H,1,11H2,2H3. The van der Waals surface area contributed by atoms with Crippen LogP contribution in [0.15, 0.2) is 55.1 Å².